The molecule has 1 N–H and O–H groups in total. The molecule has 1 aliphatic rings. The molecule has 0 spiro atoms. The summed E-state index contributed by atoms with van der Waals surface area (Å²) >= 11 is 0. The van der Waals surface area contributed by atoms with E-state index in [1.807, 2.05) is 18.2 Å². The summed E-state index contributed by atoms with van der Waals surface area (Å²) in [4.78, 5) is 10.3. The highest BCUT2D eigenvalue weighted by atomic mass is 16.6. The number of rotatable bonds is 4. The van der Waals surface area contributed by atoms with E-state index in [9.17, 15) is 10.1 Å². The third-order valence-corrected chi connectivity index (χ3v) is 3.70. The van der Waals surface area contributed by atoms with Gasteiger partial charge in [-0.25, -0.2) is 0 Å². The molecule has 0 saturated carbocycles. The number of hydrogen-bond acceptors (Lipinski definition) is 3. The molecular formula is C17H16N2O2. The zero-order valence-electron chi connectivity index (χ0n) is 11.5. The summed E-state index contributed by atoms with van der Waals surface area (Å²) < 4.78 is 0. The third-order valence-electron chi connectivity index (χ3n) is 3.70. The Morgan fingerprint density at radius 3 is 2.43 bits per heavy atom. The molecule has 1 unspecified atom stereocenters. The Kier molecular flexibility index (Phi) is 3.69. The van der Waals surface area contributed by atoms with Gasteiger partial charge in [0, 0.05) is 23.9 Å². The van der Waals surface area contributed by atoms with Crippen LogP contribution >= 0.6 is 0 Å². The smallest absolute Gasteiger partial charge is 0.269 e. The van der Waals surface area contributed by atoms with Gasteiger partial charge in [0.05, 0.1) is 4.92 Å². The van der Waals surface area contributed by atoms with Gasteiger partial charge >= 0.3 is 0 Å². The highest BCUT2D eigenvalue weighted by molar-refractivity contribution is 5.69. The van der Waals surface area contributed by atoms with Gasteiger partial charge in [-0.15, -0.1) is 0 Å². The first-order chi connectivity index (χ1) is 10.2. The van der Waals surface area contributed by atoms with Gasteiger partial charge < -0.3 is 5.32 Å². The molecule has 0 radical (unpaired) electrons. The van der Waals surface area contributed by atoms with Gasteiger partial charge in [0.1, 0.15) is 0 Å². The molecule has 1 aliphatic carbocycles. The van der Waals surface area contributed by atoms with Crippen LogP contribution in [0.2, 0.25) is 0 Å². The molecule has 21 heavy (non-hydrogen) atoms. The van der Waals surface area contributed by atoms with Crippen molar-refractivity contribution < 1.29 is 4.92 Å². The van der Waals surface area contributed by atoms with Crippen molar-refractivity contribution in [2.75, 3.05) is 5.32 Å². The standard InChI is InChI=1S/C17H16N2O2/c20-19(21)17-10-8-15(9-11-17)18-16-7-6-14(12-16)13-4-2-1-3-5-13/h1-5,8-12,16,18H,6-7H2. The average molecular weight is 280 g/mol. The molecule has 2 aromatic carbocycles. The Labute approximate surface area is 123 Å². The van der Waals surface area contributed by atoms with Crippen LogP contribution in [0.3, 0.4) is 0 Å². The first-order valence-corrected chi connectivity index (χ1v) is 6.99. The summed E-state index contributed by atoms with van der Waals surface area (Å²) in [6.45, 7) is 0. The van der Waals surface area contributed by atoms with E-state index in [1.165, 1.54) is 23.3 Å². The molecule has 3 rings (SSSR count). The summed E-state index contributed by atoms with van der Waals surface area (Å²) in [7, 11) is 0. The minimum atomic E-state index is -0.382. The van der Waals surface area contributed by atoms with E-state index in [4.69, 9.17) is 0 Å². The van der Waals surface area contributed by atoms with E-state index in [0.29, 0.717) is 0 Å². The quantitative estimate of drug-likeness (QED) is 0.672. The zero-order valence-corrected chi connectivity index (χ0v) is 11.5. The van der Waals surface area contributed by atoms with Crippen LogP contribution in [0.25, 0.3) is 5.57 Å². The number of nitrogens with zero attached hydrogens (tertiary/aromatic N) is 1. The van der Waals surface area contributed by atoms with Crippen molar-refractivity contribution in [3.05, 3.63) is 76.4 Å². The second-order valence-electron chi connectivity index (χ2n) is 5.15. The summed E-state index contributed by atoms with van der Waals surface area (Å²) in [5.41, 5.74) is 3.66. The van der Waals surface area contributed by atoms with E-state index < -0.39 is 0 Å². The van der Waals surface area contributed by atoms with Crippen LogP contribution in [0.5, 0.6) is 0 Å². The van der Waals surface area contributed by atoms with Crippen LogP contribution in [0.4, 0.5) is 11.4 Å². The van der Waals surface area contributed by atoms with Crippen LogP contribution in [0.1, 0.15) is 18.4 Å². The fraction of sp³-hybridized carbons (Fsp3) is 0.176. The van der Waals surface area contributed by atoms with Crippen molar-refractivity contribution in [2.45, 2.75) is 18.9 Å². The molecule has 0 saturated heterocycles. The van der Waals surface area contributed by atoms with Crippen LogP contribution in [-0.4, -0.2) is 11.0 Å². The number of nitro groups is 1. The Hall–Kier alpha value is -2.62. The lowest BCUT2D eigenvalue weighted by Crippen LogP contribution is -2.13. The first-order valence-electron chi connectivity index (χ1n) is 6.99. The van der Waals surface area contributed by atoms with Gasteiger partial charge in [-0.05, 0) is 36.1 Å². The predicted molar refractivity (Wildman–Crippen MR) is 84.2 cm³/mol. The molecule has 106 valence electrons. The third kappa shape index (κ3) is 3.11. The van der Waals surface area contributed by atoms with Crippen molar-refractivity contribution in [1.82, 2.24) is 0 Å². The number of non-ortho nitro benzene ring substituents is 1. The average Bonchev–Trinajstić information content (AvgIpc) is 2.97. The molecule has 2 aromatic rings. The first kappa shape index (κ1) is 13.4. The molecule has 0 heterocycles. The van der Waals surface area contributed by atoms with E-state index in [1.54, 1.807) is 12.1 Å². The van der Waals surface area contributed by atoms with Crippen LogP contribution in [0, 0.1) is 10.1 Å². The van der Waals surface area contributed by atoms with Gasteiger partial charge in [-0.3, -0.25) is 10.1 Å². The molecule has 0 bridgehead atoms. The maximum Gasteiger partial charge on any atom is 0.269 e. The Morgan fingerprint density at radius 1 is 1.05 bits per heavy atom. The number of nitrogens with one attached hydrogen (secondary N) is 1. The van der Waals surface area contributed by atoms with Crippen LogP contribution in [-0.2, 0) is 0 Å². The van der Waals surface area contributed by atoms with Crippen molar-refractivity contribution in [1.29, 1.82) is 0 Å². The fourth-order valence-electron chi connectivity index (χ4n) is 2.62. The van der Waals surface area contributed by atoms with Crippen LogP contribution < -0.4 is 5.32 Å². The van der Waals surface area contributed by atoms with Gasteiger partial charge in [-0.1, -0.05) is 36.4 Å². The normalized spacial score (nSPS) is 17.3. The van der Waals surface area contributed by atoms with E-state index in [-0.39, 0.29) is 16.7 Å². The maximum atomic E-state index is 10.6. The SMILES string of the molecule is O=[N+]([O-])c1ccc(NC2C=C(c3ccccc3)CC2)cc1. The highest BCUT2D eigenvalue weighted by Crippen LogP contribution is 2.29. The number of hydrogen-bond donors (Lipinski definition) is 1. The fourth-order valence-corrected chi connectivity index (χ4v) is 2.62. The Bertz CT molecular complexity index is 663. The minimum absolute atomic E-state index is 0.118. The monoisotopic (exact) mass is 280 g/mol. The van der Waals surface area contributed by atoms with Gasteiger partial charge in [-0.2, -0.15) is 0 Å². The molecule has 4 heteroatoms. The lowest BCUT2D eigenvalue weighted by molar-refractivity contribution is -0.384. The van der Waals surface area contributed by atoms with E-state index in [2.05, 4.69) is 23.5 Å². The lowest BCUT2D eigenvalue weighted by atomic mass is 10.1. The van der Waals surface area contributed by atoms with Gasteiger partial charge in [0.2, 0.25) is 0 Å². The van der Waals surface area contributed by atoms with Crippen molar-refractivity contribution in [3.63, 3.8) is 0 Å². The molecule has 0 fully saturated rings. The van der Waals surface area contributed by atoms with Gasteiger partial charge in [0.15, 0.2) is 0 Å². The zero-order chi connectivity index (χ0) is 14.7. The van der Waals surface area contributed by atoms with Crippen LogP contribution in [0.15, 0.2) is 60.7 Å². The number of allylic oxidation sites excluding steroid dienone is 1. The van der Waals surface area contributed by atoms with E-state index >= 15 is 0 Å². The predicted octanol–water partition coefficient (Wildman–Crippen LogP) is 4.25. The second kappa shape index (κ2) is 5.79. The number of anilines is 1. The van der Waals surface area contributed by atoms with Crippen molar-refractivity contribution in [3.8, 4) is 0 Å². The molecule has 0 amide bonds. The summed E-state index contributed by atoms with van der Waals surface area (Å²) in [6.07, 6.45) is 4.34. The molecule has 0 aromatic heterocycles. The molecular weight excluding hydrogens is 264 g/mol. The summed E-state index contributed by atoms with van der Waals surface area (Å²) in [5.74, 6) is 0. The van der Waals surface area contributed by atoms with Gasteiger partial charge in [0.25, 0.3) is 5.69 Å². The molecule has 4 nitrogen and oxygen atoms in total. The molecule has 1 atom stereocenters. The maximum absolute atomic E-state index is 10.6. The Balaban J connectivity index is 1.69. The minimum Gasteiger partial charge on any atom is -0.379 e. The summed E-state index contributed by atoms with van der Waals surface area (Å²) in [6, 6.07) is 17.2. The number of nitro benzene ring substituents is 1. The Morgan fingerprint density at radius 2 is 1.76 bits per heavy atom. The van der Waals surface area contributed by atoms with Crippen molar-refractivity contribution in [2.24, 2.45) is 0 Å². The highest BCUT2D eigenvalue weighted by Gasteiger charge is 2.16. The summed E-state index contributed by atoms with van der Waals surface area (Å²) in [5, 5.41) is 14.0. The number of benzene rings is 2. The lowest BCUT2D eigenvalue weighted by Gasteiger charge is -2.11. The largest absolute Gasteiger partial charge is 0.379 e. The molecule has 0 aliphatic heterocycles. The topological polar surface area (TPSA) is 55.2 Å². The second-order valence-corrected chi connectivity index (χ2v) is 5.15. The van der Waals surface area contributed by atoms with Crippen molar-refractivity contribution >= 4 is 16.9 Å². The van der Waals surface area contributed by atoms with E-state index in [0.717, 1.165) is 18.5 Å².